The van der Waals surface area contributed by atoms with Crippen molar-refractivity contribution in [3.05, 3.63) is 64.4 Å². The quantitative estimate of drug-likeness (QED) is 0.794. The smallest absolute Gasteiger partial charge is 0.125 e. The zero-order valence-corrected chi connectivity index (χ0v) is 11.8. The van der Waals surface area contributed by atoms with E-state index in [0.717, 1.165) is 28.3 Å². The minimum absolute atomic E-state index is 0.151. The molecule has 0 heterocycles. The summed E-state index contributed by atoms with van der Waals surface area (Å²) in [7, 11) is 0. The van der Waals surface area contributed by atoms with Gasteiger partial charge < -0.3 is 5.32 Å². The van der Waals surface area contributed by atoms with E-state index in [9.17, 15) is 4.39 Å². The minimum atomic E-state index is -0.223. The molecular formula is C16H17ClFN. The van der Waals surface area contributed by atoms with Gasteiger partial charge in [0.15, 0.2) is 0 Å². The van der Waals surface area contributed by atoms with E-state index in [2.05, 4.69) is 12.2 Å². The molecule has 0 saturated heterocycles. The van der Waals surface area contributed by atoms with Crippen molar-refractivity contribution in [1.82, 2.24) is 0 Å². The molecule has 2 aromatic rings. The first kappa shape index (κ1) is 13.9. The molecule has 0 radical (unpaired) electrons. The van der Waals surface area contributed by atoms with Gasteiger partial charge in [0.2, 0.25) is 0 Å². The standard InChI is InChI=1S/C16H17ClFN/c1-3-15(12-5-7-13(17)8-6-12)19-16-10-14(18)9-4-11(16)2/h4-10,15,19H,3H2,1-2H3. The van der Waals surface area contributed by atoms with Crippen LogP contribution < -0.4 is 5.32 Å². The second-order valence-electron chi connectivity index (χ2n) is 4.62. The highest BCUT2D eigenvalue weighted by molar-refractivity contribution is 6.30. The number of rotatable bonds is 4. The minimum Gasteiger partial charge on any atom is -0.378 e. The molecule has 0 aliphatic rings. The van der Waals surface area contributed by atoms with Crippen LogP contribution in [0.5, 0.6) is 0 Å². The lowest BCUT2D eigenvalue weighted by Crippen LogP contribution is -2.10. The van der Waals surface area contributed by atoms with Gasteiger partial charge in [-0.2, -0.15) is 0 Å². The maximum Gasteiger partial charge on any atom is 0.125 e. The Morgan fingerprint density at radius 3 is 2.47 bits per heavy atom. The van der Waals surface area contributed by atoms with Gasteiger partial charge in [-0.15, -0.1) is 0 Å². The van der Waals surface area contributed by atoms with E-state index < -0.39 is 0 Å². The molecular weight excluding hydrogens is 261 g/mol. The van der Waals surface area contributed by atoms with Crippen LogP contribution in [0.25, 0.3) is 0 Å². The molecule has 1 atom stereocenters. The summed E-state index contributed by atoms with van der Waals surface area (Å²) in [6.45, 7) is 4.07. The van der Waals surface area contributed by atoms with E-state index in [-0.39, 0.29) is 11.9 Å². The van der Waals surface area contributed by atoms with Crippen LogP contribution in [0, 0.1) is 12.7 Å². The monoisotopic (exact) mass is 277 g/mol. The average Bonchev–Trinajstić information content (AvgIpc) is 2.41. The predicted molar refractivity (Wildman–Crippen MR) is 79.2 cm³/mol. The van der Waals surface area contributed by atoms with Gasteiger partial charge in [0.25, 0.3) is 0 Å². The van der Waals surface area contributed by atoms with E-state index in [1.807, 2.05) is 31.2 Å². The largest absolute Gasteiger partial charge is 0.378 e. The highest BCUT2D eigenvalue weighted by Crippen LogP contribution is 2.26. The van der Waals surface area contributed by atoms with Crippen LogP contribution in [0.1, 0.15) is 30.5 Å². The lowest BCUT2D eigenvalue weighted by Gasteiger charge is -2.20. The first-order valence-electron chi connectivity index (χ1n) is 6.38. The highest BCUT2D eigenvalue weighted by atomic mass is 35.5. The molecule has 0 fully saturated rings. The van der Waals surface area contributed by atoms with Crippen molar-refractivity contribution >= 4 is 17.3 Å². The zero-order valence-electron chi connectivity index (χ0n) is 11.1. The van der Waals surface area contributed by atoms with Gasteiger partial charge in [-0.1, -0.05) is 36.7 Å². The number of benzene rings is 2. The first-order chi connectivity index (χ1) is 9.10. The Morgan fingerprint density at radius 1 is 1.16 bits per heavy atom. The molecule has 100 valence electrons. The van der Waals surface area contributed by atoms with Crippen molar-refractivity contribution in [2.45, 2.75) is 26.3 Å². The third kappa shape index (κ3) is 3.48. The van der Waals surface area contributed by atoms with E-state index in [1.54, 1.807) is 6.07 Å². The number of halogens is 2. The molecule has 0 amide bonds. The predicted octanol–water partition coefficient (Wildman–Crippen LogP) is 5.35. The molecule has 19 heavy (non-hydrogen) atoms. The van der Waals surface area contributed by atoms with Crippen LogP contribution in [0.2, 0.25) is 5.02 Å². The molecule has 0 bridgehead atoms. The van der Waals surface area contributed by atoms with Crippen molar-refractivity contribution in [2.75, 3.05) is 5.32 Å². The third-order valence-electron chi connectivity index (χ3n) is 3.21. The van der Waals surface area contributed by atoms with Crippen LogP contribution in [0.3, 0.4) is 0 Å². The Morgan fingerprint density at radius 2 is 1.84 bits per heavy atom. The molecule has 2 rings (SSSR count). The SMILES string of the molecule is CCC(Nc1cc(F)ccc1C)c1ccc(Cl)cc1. The summed E-state index contributed by atoms with van der Waals surface area (Å²) in [6, 6.07) is 12.7. The molecule has 2 aromatic carbocycles. The summed E-state index contributed by atoms with van der Waals surface area (Å²) in [6.07, 6.45) is 0.914. The summed E-state index contributed by atoms with van der Waals surface area (Å²) in [5.74, 6) is -0.223. The molecule has 1 unspecified atom stereocenters. The Kier molecular flexibility index (Phi) is 4.43. The van der Waals surface area contributed by atoms with Gasteiger partial charge in [0.05, 0.1) is 6.04 Å². The molecule has 0 saturated carbocycles. The van der Waals surface area contributed by atoms with Crippen molar-refractivity contribution in [1.29, 1.82) is 0 Å². The fourth-order valence-electron chi connectivity index (χ4n) is 2.05. The van der Waals surface area contributed by atoms with Crippen LogP contribution in [0.15, 0.2) is 42.5 Å². The van der Waals surface area contributed by atoms with E-state index in [0.29, 0.717) is 0 Å². The Bertz CT molecular complexity index is 551. The number of nitrogens with one attached hydrogen (secondary N) is 1. The molecule has 0 spiro atoms. The molecule has 1 N–H and O–H groups in total. The summed E-state index contributed by atoms with van der Waals surface area (Å²) in [5, 5.41) is 4.11. The van der Waals surface area contributed by atoms with Crippen LogP contribution in [0.4, 0.5) is 10.1 Å². The van der Waals surface area contributed by atoms with Gasteiger partial charge >= 0.3 is 0 Å². The van der Waals surface area contributed by atoms with Crippen molar-refractivity contribution in [2.24, 2.45) is 0 Å². The number of anilines is 1. The first-order valence-corrected chi connectivity index (χ1v) is 6.76. The van der Waals surface area contributed by atoms with Crippen LogP contribution >= 0.6 is 11.6 Å². The maximum atomic E-state index is 13.3. The van der Waals surface area contributed by atoms with E-state index in [1.165, 1.54) is 12.1 Å². The molecule has 0 aromatic heterocycles. The average molecular weight is 278 g/mol. The Labute approximate surface area is 118 Å². The highest BCUT2D eigenvalue weighted by Gasteiger charge is 2.10. The van der Waals surface area contributed by atoms with Crippen molar-refractivity contribution in [3.8, 4) is 0 Å². The van der Waals surface area contributed by atoms with Crippen LogP contribution in [-0.4, -0.2) is 0 Å². The van der Waals surface area contributed by atoms with Crippen molar-refractivity contribution < 1.29 is 4.39 Å². The summed E-state index contributed by atoms with van der Waals surface area (Å²) >= 11 is 5.90. The van der Waals surface area contributed by atoms with Gasteiger partial charge in [-0.25, -0.2) is 4.39 Å². The van der Waals surface area contributed by atoms with E-state index >= 15 is 0 Å². The fraction of sp³-hybridized carbons (Fsp3) is 0.250. The topological polar surface area (TPSA) is 12.0 Å². The lowest BCUT2D eigenvalue weighted by molar-refractivity contribution is 0.627. The third-order valence-corrected chi connectivity index (χ3v) is 3.46. The zero-order chi connectivity index (χ0) is 13.8. The van der Waals surface area contributed by atoms with Gasteiger partial charge in [0.1, 0.15) is 5.82 Å². The molecule has 0 aliphatic heterocycles. The maximum absolute atomic E-state index is 13.3. The second-order valence-corrected chi connectivity index (χ2v) is 5.05. The summed E-state index contributed by atoms with van der Waals surface area (Å²) < 4.78 is 13.3. The normalized spacial score (nSPS) is 12.2. The number of hydrogen-bond acceptors (Lipinski definition) is 1. The second kappa shape index (κ2) is 6.07. The van der Waals surface area contributed by atoms with E-state index in [4.69, 9.17) is 11.6 Å². The van der Waals surface area contributed by atoms with Gasteiger partial charge in [-0.05, 0) is 48.7 Å². The number of hydrogen-bond donors (Lipinski definition) is 1. The summed E-state index contributed by atoms with van der Waals surface area (Å²) in [4.78, 5) is 0. The Balaban J connectivity index is 2.23. The van der Waals surface area contributed by atoms with Gasteiger partial charge in [-0.3, -0.25) is 0 Å². The van der Waals surface area contributed by atoms with Crippen molar-refractivity contribution in [3.63, 3.8) is 0 Å². The number of aryl methyl sites for hydroxylation is 1. The fourth-order valence-corrected chi connectivity index (χ4v) is 2.18. The molecule has 3 heteroatoms. The lowest BCUT2D eigenvalue weighted by atomic mass is 10.0. The van der Waals surface area contributed by atoms with Crippen LogP contribution in [-0.2, 0) is 0 Å². The molecule has 1 nitrogen and oxygen atoms in total. The van der Waals surface area contributed by atoms with Gasteiger partial charge in [0, 0.05) is 10.7 Å². The summed E-state index contributed by atoms with van der Waals surface area (Å²) in [5.41, 5.74) is 3.02. The Hall–Kier alpha value is -1.54. The molecule has 0 aliphatic carbocycles.